The second kappa shape index (κ2) is 10.4. The van der Waals surface area contributed by atoms with Crippen LogP contribution in [-0.4, -0.2) is 51.5 Å². The number of carbonyl (C=O) groups is 2. The van der Waals surface area contributed by atoms with E-state index in [1.54, 1.807) is 61.2 Å². The second-order valence-electron chi connectivity index (χ2n) is 10.0. The van der Waals surface area contributed by atoms with Crippen molar-refractivity contribution in [3.63, 3.8) is 0 Å². The van der Waals surface area contributed by atoms with Crippen LogP contribution in [0.4, 0.5) is 0 Å². The van der Waals surface area contributed by atoms with E-state index in [-0.39, 0.29) is 43.3 Å². The number of carbonyl (C=O) groups excluding carboxylic acids is 1. The first-order valence-electron chi connectivity index (χ1n) is 13.0. The maximum Gasteiger partial charge on any atom is 0.393 e. The number of nitrogens with zero attached hydrogens (tertiary/aromatic N) is 1. The van der Waals surface area contributed by atoms with Crippen LogP contribution in [-0.2, 0) is 4.79 Å². The summed E-state index contributed by atoms with van der Waals surface area (Å²) in [7, 11) is 0. The largest absolute Gasteiger partial charge is 0.475 e. The van der Waals surface area contributed by atoms with Crippen LogP contribution in [0.2, 0.25) is 0 Å². The third-order valence-electron chi connectivity index (χ3n) is 7.46. The Hall–Kier alpha value is -4.36. The van der Waals surface area contributed by atoms with Gasteiger partial charge in [-0.05, 0) is 60.0 Å². The smallest absolute Gasteiger partial charge is 0.393 e. The lowest BCUT2D eigenvalue weighted by Gasteiger charge is -2.47. The van der Waals surface area contributed by atoms with Crippen molar-refractivity contribution in [1.29, 1.82) is 0 Å². The van der Waals surface area contributed by atoms with Gasteiger partial charge in [0, 0.05) is 31.5 Å². The number of aryl methyl sites for hydroxylation is 2. The van der Waals surface area contributed by atoms with Crippen LogP contribution in [0.1, 0.15) is 34.3 Å². The van der Waals surface area contributed by atoms with Gasteiger partial charge in [0.1, 0.15) is 11.5 Å². The molecule has 1 saturated heterocycles. The van der Waals surface area contributed by atoms with Gasteiger partial charge in [0.2, 0.25) is 0 Å². The van der Waals surface area contributed by atoms with Crippen molar-refractivity contribution >= 4 is 22.6 Å². The number of hydrogen-bond acceptors (Lipinski definition) is 5. The summed E-state index contributed by atoms with van der Waals surface area (Å²) in [5, 5.41) is 24.6. The van der Waals surface area contributed by atoms with Gasteiger partial charge < -0.3 is 24.6 Å². The van der Waals surface area contributed by atoms with Crippen LogP contribution in [0.25, 0.3) is 10.8 Å². The molecule has 0 aromatic heterocycles. The summed E-state index contributed by atoms with van der Waals surface area (Å²) in [4.78, 5) is 28.0. The summed E-state index contributed by atoms with van der Waals surface area (Å²) < 4.78 is 12.3. The molecule has 1 amide bonds. The molecular formula is C32H31NO6. The first-order valence-corrected chi connectivity index (χ1v) is 13.0. The first kappa shape index (κ1) is 26.3. The Balaban J connectivity index is 1.46. The fourth-order valence-electron chi connectivity index (χ4n) is 5.06. The van der Waals surface area contributed by atoms with Crippen LogP contribution in [0, 0.1) is 13.8 Å². The summed E-state index contributed by atoms with van der Waals surface area (Å²) in [5.41, 5.74) is -0.00664. The Morgan fingerprint density at radius 3 is 1.82 bits per heavy atom. The fourth-order valence-corrected chi connectivity index (χ4v) is 5.06. The molecule has 0 spiro atoms. The highest BCUT2D eigenvalue weighted by molar-refractivity contribution is 5.98. The minimum absolute atomic E-state index is 0.0591. The molecule has 39 heavy (non-hydrogen) atoms. The van der Waals surface area contributed by atoms with E-state index in [2.05, 4.69) is 0 Å². The van der Waals surface area contributed by atoms with E-state index in [0.29, 0.717) is 16.7 Å². The molecule has 7 heteroatoms. The van der Waals surface area contributed by atoms with E-state index >= 15 is 0 Å². The standard InChI is InChI=1S/C32H31NO6/c1-22-9-3-7-13-27(22)38-32(30(35)36,39-28-14-8-4-10-23(28)2)31(37)17-19-33(20-18-31)29(34)26-16-15-24-11-5-6-12-25(24)21-26/h3-16,21,37H,17-20H2,1-2H3,(H,35,36). The number of ether oxygens (including phenoxy) is 2. The quantitative estimate of drug-likeness (QED) is 0.315. The summed E-state index contributed by atoms with van der Waals surface area (Å²) in [6, 6.07) is 27.3. The summed E-state index contributed by atoms with van der Waals surface area (Å²) in [5.74, 6) is -3.51. The Bertz CT molecular complexity index is 1470. The molecular weight excluding hydrogens is 494 g/mol. The second-order valence-corrected chi connectivity index (χ2v) is 10.0. The molecule has 0 unspecified atom stereocenters. The number of hydrogen-bond donors (Lipinski definition) is 2. The molecule has 0 radical (unpaired) electrons. The average Bonchev–Trinajstić information content (AvgIpc) is 2.94. The first-order chi connectivity index (χ1) is 18.7. The van der Waals surface area contributed by atoms with E-state index in [4.69, 9.17) is 9.47 Å². The van der Waals surface area contributed by atoms with E-state index in [1.807, 2.05) is 48.5 Å². The zero-order valence-electron chi connectivity index (χ0n) is 22.0. The number of carboxylic acids is 1. The van der Waals surface area contributed by atoms with Gasteiger partial charge in [-0.3, -0.25) is 4.79 Å². The number of para-hydroxylation sites is 2. The number of carboxylic acid groups (broad SMARTS) is 1. The normalized spacial score (nSPS) is 15.1. The molecule has 0 saturated carbocycles. The number of piperidine rings is 1. The van der Waals surface area contributed by atoms with Crippen molar-refractivity contribution in [3.8, 4) is 11.5 Å². The van der Waals surface area contributed by atoms with E-state index in [0.717, 1.165) is 10.8 Å². The van der Waals surface area contributed by atoms with Gasteiger partial charge in [-0.15, -0.1) is 0 Å². The van der Waals surface area contributed by atoms with Gasteiger partial charge in [0.25, 0.3) is 5.91 Å². The van der Waals surface area contributed by atoms with Crippen molar-refractivity contribution in [3.05, 3.63) is 108 Å². The molecule has 1 aliphatic heterocycles. The Morgan fingerprint density at radius 1 is 0.769 bits per heavy atom. The predicted octanol–water partition coefficient (Wildman–Crippen LogP) is 5.36. The third-order valence-corrected chi connectivity index (χ3v) is 7.46. The molecule has 0 aliphatic carbocycles. The van der Waals surface area contributed by atoms with Gasteiger partial charge in [0.15, 0.2) is 5.60 Å². The lowest BCUT2D eigenvalue weighted by atomic mass is 9.82. The van der Waals surface area contributed by atoms with Crippen molar-refractivity contribution in [2.24, 2.45) is 0 Å². The molecule has 7 nitrogen and oxygen atoms in total. The Labute approximate surface area is 227 Å². The minimum atomic E-state index is -2.46. The zero-order valence-corrected chi connectivity index (χ0v) is 22.0. The van der Waals surface area contributed by atoms with Gasteiger partial charge in [0.05, 0.1) is 0 Å². The molecule has 1 aliphatic rings. The van der Waals surface area contributed by atoms with Crippen molar-refractivity contribution in [2.75, 3.05) is 13.1 Å². The van der Waals surface area contributed by atoms with E-state index in [9.17, 15) is 19.8 Å². The lowest BCUT2D eigenvalue weighted by molar-refractivity contribution is -0.255. The zero-order chi connectivity index (χ0) is 27.6. The van der Waals surface area contributed by atoms with E-state index < -0.39 is 17.4 Å². The molecule has 0 atom stereocenters. The Kier molecular flexibility index (Phi) is 7.02. The van der Waals surface area contributed by atoms with Crippen LogP contribution >= 0.6 is 0 Å². The Morgan fingerprint density at radius 2 is 1.28 bits per heavy atom. The van der Waals surface area contributed by atoms with Gasteiger partial charge >= 0.3 is 11.8 Å². The van der Waals surface area contributed by atoms with Crippen LogP contribution in [0.3, 0.4) is 0 Å². The van der Waals surface area contributed by atoms with Crippen molar-refractivity contribution < 1.29 is 29.3 Å². The fraction of sp³-hybridized carbons (Fsp3) is 0.250. The third kappa shape index (κ3) is 4.93. The molecule has 1 fully saturated rings. The number of aliphatic carboxylic acids is 1. The number of amides is 1. The van der Waals surface area contributed by atoms with Gasteiger partial charge in [-0.1, -0.05) is 66.7 Å². The highest BCUT2D eigenvalue weighted by atomic mass is 16.7. The summed E-state index contributed by atoms with van der Waals surface area (Å²) in [6.07, 6.45) is -0.118. The summed E-state index contributed by atoms with van der Waals surface area (Å²) >= 11 is 0. The van der Waals surface area contributed by atoms with Crippen LogP contribution in [0.15, 0.2) is 91.0 Å². The SMILES string of the molecule is Cc1ccccc1OC(Oc1ccccc1C)(C(=O)O)C1(O)CCN(C(=O)c2ccc3ccccc3c2)CC1. The van der Waals surface area contributed by atoms with Gasteiger partial charge in [-0.2, -0.15) is 0 Å². The highest BCUT2D eigenvalue weighted by Gasteiger charge is 2.63. The van der Waals surface area contributed by atoms with Crippen LogP contribution in [0.5, 0.6) is 11.5 Å². The molecule has 4 aromatic rings. The number of likely N-dealkylation sites (tertiary alicyclic amines) is 1. The van der Waals surface area contributed by atoms with Crippen LogP contribution < -0.4 is 9.47 Å². The number of rotatable bonds is 7. The molecule has 0 bridgehead atoms. The molecule has 4 aromatic carbocycles. The molecule has 2 N–H and O–H groups in total. The van der Waals surface area contributed by atoms with Crippen molar-refractivity contribution in [2.45, 2.75) is 38.1 Å². The molecule has 1 heterocycles. The highest BCUT2D eigenvalue weighted by Crippen LogP contribution is 2.40. The average molecular weight is 526 g/mol. The summed E-state index contributed by atoms with van der Waals surface area (Å²) in [6.45, 7) is 3.85. The number of fused-ring (bicyclic) bond motifs is 1. The molecule has 200 valence electrons. The maximum absolute atomic E-state index is 13.4. The van der Waals surface area contributed by atoms with Gasteiger partial charge in [-0.25, -0.2) is 4.79 Å². The number of aliphatic hydroxyl groups is 1. The molecule has 5 rings (SSSR count). The van der Waals surface area contributed by atoms with Crippen molar-refractivity contribution in [1.82, 2.24) is 4.90 Å². The van der Waals surface area contributed by atoms with E-state index in [1.165, 1.54) is 0 Å². The topological polar surface area (TPSA) is 96.3 Å². The monoisotopic (exact) mass is 525 g/mol. The predicted molar refractivity (Wildman–Crippen MR) is 148 cm³/mol. The number of benzene rings is 4. The maximum atomic E-state index is 13.4. The minimum Gasteiger partial charge on any atom is -0.475 e. The lowest BCUT2D eigenvalue weighted by Crippen LogP contribution is -2.69.